The Bertz CT molecular complexity index is 1010. The Morgan fingerprint density at radius 3 is 2.59 bits per heavy atom. The molecule has 0 aliphatic heterocycles. The van der Waals surface area contributed by atoms with Crippen LogP contribution < -0.4 is 5.32 Å². The van der Waals surface area contributed by atoms with E-state index in [1.54, 1.807) is 24.4 Å². The minimum atomic E-state index is -0.445. The van der Waals surface area contributed by atoms with Crippen molar-refractivity contribution in [3.05, 3.63) is 71.8 Å². The number of anilines is 1. The van der Waals surface area contributed by atoms with Gasteiger partial charge in [-0.05, 0) is 36.4 Å². The first-order valence-electron chi connectivity index (χ1n) is 8.06. The normalized spacial score (nSPS) is 10.2. The Kier molecular flexibility index (Phi) is 5.33. The van der Waals surface area contributed by atoms with Gasteiger partial charge in [-0.3, -0.25) is 9.59 Å². The third kappa shape index (κ3) is 4.22. The Morgan fingerprint density at radius 1 is 1.15 bits per heavy atom. The molecule has 0 saturated heterocycles. The van der Waals surface area contributed by atoms with Gasteiger partial charge in [0.15, 0.2) is 17.4 Å². The molecule has 0 unspecified atom stereocenters. The predicted molar refractivity (Wildman–Crippen MR) is 94.7 cm³/mol. The van der Waals surface area contributed by atoms with E-state index in [4.69, 9.17) is 0 Å². The summed E-state index contributed by atoms with van der Waals surface area (Å²) in [7, 11) is 0. The zero-order chi connectivity index (χ0) is 19.2. The molecule has 1 aromatic carbocycles. The van der Waals surface area contributed by atoms with E-state index in [9.17, 15) is 19.2 Å². The Hall–Kier alpha value is -3.86. The van der Waals surface area contributed by atoms with Crippen LogP contribution in [0.2, 0.25) is 0 Å². The molecule has 27 heavy (non-hydrogen) atoms. The van der Waals surface area contributed by atoms with Crippen LogP contribution in [0.25, 0.3) is 5.82 Å². The van der Waals surface area contributed by atoms with Crippen molar-refractivity contribution >= 4 is 17.5 Å². The van der Waals surface area contributed by atoms with E-state index in [1.807, 2.05) is 6.07 Å². The molecule has 0 aliphatic carbocycles. The smallest absolute Gasteiger partial charge is 0.226 e. The first kappa shape index (κ1) is 17.9. The minimum absolute atomic E-state index is 0.0446. The highest BCUT2D eigenvalue weighted by atomic mass is 19.1. The van der Waals surface area contributed by atoms with Crippen molar-refractivity contribution in [2.75, 3.05) is 5.32 Å². The highest BCUT2D eigenvalue weighted by molar-refractivity contribution is 6.00. The van der Waals surface area contributed by atoms with Crippen molar-refractivity contribution in [3.63, 3.8) is 0 Å². The molecule has 1 N–H and O–H groups in total. The lowest BCUT2D eigenvalue weighted by Gasteiger charge is -2.08. The maximum Gasteiger partial charge on any atom is 0.226 e. The van der Waals surface area contributed by atoms with Crippen molar-refractivity contribution in [1.82, 2.24) is 14.8 Å². The highest BCUT2D eigenvalue weighted by Gasteiger charge is 2.16. The summed E-state index contributed by atoms with van der Waals surface area (Å²) in [5.74, 6) is -0.522. The van der Waals surface area contributed by atoms with Gasteiger partial charge in [0.2, 0.25) is 5.91 Å². The van der Waals surface area contributed by atoms with Crippen LogP contribution >= 0.6 is 0 Å². The molecule has 3 aromatic rings. The Labute approximate surface area is 154 Å². The lowest BCUT2D eigenvalue weighted by Crippen LogP contribution is -2.17. The highest BCUT2D eigenvalue weighted by Crippen LogP contribution is 2.19. The number of nitriles is 1. The number of Topliss-reactive ketones (excluding diaryl/α,β-unsaturated/α-hetero) is 1. The van der Waals surface area contributed by atoms with Gasteiger partial charge in [-0.15, -0.1) is 0 Å². The first-order chi connectivity index (χ1) is 13.1. The second-order valence-corrected chi connectivity index (χ2v) is 5.60. The fourth-order valence-electron chi connectivity index (χ4n) is 2.41. The van der Waals surface area contributed by atoms with Crippen LogP contribution in [-0.2, 0) is 4.79 Å². The molecule has 134 valence electrons. The molecule has 0 saturated carbocycles. The average Bonchev–Trinajstić information content (AvgIpc) is 3.10. The molecule has 3 rings (SSSR count). The summed E-state index contributed by atoms with van der Waals surface area (Å²) in [5, 5.41) is 15.9. The van der Waals surface area contributed by atoms with Gasteiger partial charge >= 0.3 is 0 Å². The second kappa shape index (κ2) is 8.01. The number of rotatable bonds is 6. The summed E-state index contributed by atoms with van der Waals surface area (Å²) in [6, 6.07) is 12.3. The lowest BCUT2D eigenvalue weighted by atomic mass is 10.1. The second-order valence-electron chi connectivity index (χ2n) is 5.60. The van der Waals surface area contributed by atoms with Crippen molar-refractivity contribution in [3.8, 4) is 11.9 Å². The van der Waals surface area contributed by atoms with E-state index in [0.29, 0.717) is 11.4 Å². The molecule has 0 fully saturated rings. The zero-order valence-electron chi connectivity index (χ0n) is 14.1. The Balaban J connectivity index is 1.69. The number of nitrogens with one attached hydrogen (secondary N) is 1. The van der Waals surface area contributed by atoms with Crippen molar-refractivity contribution < 1.29 is 14.0 Å². The summed E-state index contributed by atoms with van der Waals surface area (Å²) in [4.78, 5) is 28.5. The molecule has 0 spiro atoms. The van der Waals surface area contributed by atoms with E-state index in [0.717, 1.165) is 0 Å². The van der Waals surface area contributed by atoms with Crippen LogP contribution in [0.5, 0.6) is 0 Å². The third-order valence-electron chi connectivity index (χ3n) is 3.76. The number of ketones is 1. The van der Waals surface area contributed by atoms with Crippen LogP contribution in [0, 0.1) is 17.1 Å². The number of halogens is 1. The number of aromatic nitrogens is 3. The van der Waals surface area contributed by atoms with Gasteiger partial charge in [-0.25, -0.2) is 9.37 Å². The van der Waals surface area contributed by atoms with Crippen molar-refractivity contribution in [1.29, 1.82) is 5.26 Å². The van der Waals surface area contributed by atoms with Crippen LogP contribution in [-0.4, -0.2) is 26.5 Å². The topological polar surface area (TPSA) is 101 Å². The molecule has 7 nitrogen and oxygen atoms in total. The monoisotopic (exact) mass is 363 g/mol. The first-order valence-corrected chi connectivity index (χ1v) is 8.06. The lowest BCUT2D eigenvalue weighted by molar-refractivity contribution is -0.116. The number of amides is 1. The molecule has 2 aromatic heterocycles. The van der Waals surface area contributed by atoms with E-state index in [2.05, 4.69) is 15.4 Å². The number of carbonyl (C=O) groups is 2. The number of hydrogen-bond donors (Lipinski definition) is 1. The Morgan fingerprint density at radius 2 is 1.93 bits per heavy atom. The molecule has 1 amide bonds. The SMILES string of the molecule is N#Cc1cnn(-c2ccccn2)c1NC(=O)CCC(=O)c1ccc(F)cc1. The number of nitrogens with zero attached hydrogens (tertiary/aromatic N) is 4. The van der Waals surface area contributed by atoms with Crippen LogP contribution in [0.3, 0.4) is 0 Å². The molecular formula is C19H14FN5O2. The summed E-state index contributed by atoms with van der Waals surface area (Å²) < 4.78 is 14.3. The number of hydrogen-bond acceptors (Lipinski definition) is 5. The number of benzene rings is 1. The largest absolute Gasteiger partial charge is 0.309 e. The standard InChI is InChI=1S/C19H14FN5O2/c20-15-6-4-13(5-7-15)16(26)8-9-18(27)24-19-14(11-21)12-23-25(19)17-3-1-2-10-22-17/h1-7,10,12H,8-9H2,(H,24,27). The number of pyridine rings is 1. The number of carbonyl (C=O) groups excluding carboxylic acids is 2. The van der Waals surface area contributed by atoms with Gasteiger partial charge in [-0.2, -0.15) is 15.0 Å². The summed E-state index contributed by atoms with van der Waals surface area (Å²) >= 11 is 0. The molecule has 0 atom stereocenters. The summed E-state index contributed by atoms with van der Waals surface area (Å²) in [6.07, 6.45) is 2.76. The molecule has 8 heteroatoms. The van der Waals surface area contributed by atoms with E-state index in [-0.39, 0.29) is 30.0 Å². The van der Waals surface area contributed by atoms with E-state index < -0.39 is 11.7 Å². The van der Waals surface area contributed by atoms with E-state index in [1.165, 1.54) is 35.1 Å². The summed E-state index contributed by atoms with van der Waals surface area (Å²) in [6.45, 7) is 0. The molecule has 0 radical (unpaired) electrons. The van der Waals surface area contributed by atoms with Gasteiger partial charge in [-0.1, -0.05) is 6.07 Å². The van der Waals surface area contributed by atoms with Gasteiger partial charge in [0.25, 0.3) is 0 Å². The van der Waals surface area contributed by atoms with Crippen LogP contribution in [0.1, 0.15) is 28.8 Å². The van der Waals surface area contributed by atoms with Gasteiger partial charge in [0.05, 0.1) is 6.20 Å². The predicted octanol–water partition coefficient (Wildman–Crippen LogP) is 2.88. The zero-order valence-corrected chi connectivity index (χ0v) is 14.1. The van der Waals surface area contributed by atoms with Gasteiger partial charge in [0, 0.05) is 24.6 Å². The maximum absolute atomic E-state index is 12.9. The molecule has 0 aliphatic rings. The molecule has 2 heterocycles. The maximum atomic E-state index is 12.9. The van der Waals surface area contributed by atoms with Crippen molar-refractivity contribution in [2.24, 2.45) is 0 Å². The van der Waals surface area contributed by atoms with Crippen molar-refractivity contribution in [2.45, 2.75) is 12.8 Å². The van der Waals surface area contributed by atoms with Gasteiger partial charge in [0.1, 0.15) is 17.4 Å². The van der Waals surface area contributed by atoms with Crippen LogP contribution in [0.4, 0.5) is 10.2 Å². The fraction of sp³-hybridized carbons (Fsp3) is 0.105. The van der Waals surface area contributed by atoms with Gasteiger partial charge < -0.3 is 5.32 Å². The van der Waals surface area contributed by atoms with Crippen LogP contribution in [0.15, 0.2) is 54.9 Å². The minimum Gasteiger partial charge on any atom is -0.309 e. The quantitative estimate of drug-likeness (QED) is 0.679. The molecule has 0 bridgehead atoms. The average molecular weight is 363 g/mol. The summed E-state index contributed by atoms with van der Waals surface area (Å²) in [5.41, 5.74) is 0.513. The third-order valence-corrected chi connectivity index (χ3v) is 3.76. The van der Waals surface area contributed by atoms with E-state index >= 15 is 0 Å². The fourth-order valence-corrected chi connectivity index (χ4v) is 2.41. The molecular weight excluding hydrogens is 349 g/mol.